The summed E-state index contributed by atoms with van der Waals surface area (Å²) in [5.41, 5.74) is 13.0. The highest BCUT2D eigenvalue weighted by Gasteiger charge is 2.25. The first-order valence-electron chi connectivity index (χ1n) is 52.3. The van der Waals surface area contributed by atoms with E-state index in [9.17, 15) is 11.0 Å². The Kier molecular flexibility index (Phi) is 12.1. The lowest BCUT2D eigenvalue weighted by Crippen LogP contribution is -1.92. The van der Waals surface area contributed by atoms with Crippen molar-refractivity contribution in [3.8, 4) is 89.0 Å². The number of rotatable bonds is 8. The van der Waals surface area contributed by atoms with Gasteiger partial charge in [0.1, 0.15) is 33.5 Å². The summed E-state index contributed by atoms with van der Waals surface area (Å²) in [5.74, 6) is 0. The fraction of sp³-hybridized carbons (Fsp3) is 0. The lowest BCUT2D eigenvalue weighted by Gasteiger charge is -2.20. The summed E-state index contributed by atoms with van der Waals surface area (Å²) in [7, 11) is 0. The largest absolute Gasteiger partial charge is 0.456 e. The number of furan rings is 3. The van der Waals surface area contributed by atoms with E-state index in [2.05, 4.69) is 36.4 Å². The van der Waals surface area contributed by atoms with Crippen LogP contribution in [0.4, 0.5) is 0 Å². The average Bonchev–Trinajstić information content (AvgIpc) is 1.48. The van der Waals surface area contributed by atoms with Gasteiger partial charge in [0.25, 0.3) is 0 Å². The Morgan fingerprint density at radius 3 is 0.837 bits per heavy atom. The summed E-state index contributed by atoms with van der Waals surface area (Å²) >= 11 is 0. The predicted octanol–water partition coefficient (Wildman–Crippen LogP) is 34.5. The summed E-state index contributed by atoms with van der Waals surface area (Å²) in [6.45, 7) is 0. The third-order valence-electron chi connectivity index (χ3n) is 23.7. The highest BCUT2D eigenvalue weighted by molar-refractivity contribution is 6.28. The fourth-order valence-corrected chi connectivity index (χ4v) is 18.3. The van der Waals surface area contributed by atoms with E-state index >= 15 is 0 Å². The zero-order chi connectivity index (χ0) is 102. The van der Waals surface area contributed by atoms with Crippen molar-refractivity contribution >= 4 is 163 Å². The lowest BCUT2D eigenvalue weighted by atomic mass is 9.83. The van der Waals surface area contributed by atoms with E-state index in [-0.39, 0.29) is 137 Å². The quantitative estimate of drug-likeness (QED) is 0.142. The first-order valence-corrected chi connectivity index (χ1v) is 40.3. The minimum atomic E-state index is -0.434. The Balaban J connectivity index is 0.000000119. The van der Waals surface area contributed by atoms with Crippen molar-refractivity contribution in [2.75, 3.05) is 0 Å². The normalized spacial score (nSPS) is 14.5. The summed E-state index contributed by atoms with van der Waals surface area (Å²) < 4.78 is 234. The van der Waals surface area contributed by atoms with Crippen LogP contribution in [0.15, 0.2) is 462 Å². The smallest absolute Gasteiger partial charge is 0.135 e. The monoisotopic (exact) mass is 1590 g/mol. The molecule has 0 saturated heterocycles. The molecular formula is C120H74O3. The molecule has 23 aromatic carbocycles. The molecule has 0 bridgehead atoms. The minimum Gasteiger partial charge on any atom is -0.456 e. The number of hydrogen-bond donors (Lipinski definition) is 0. The average molecular weight is 1590 g/mol. The molecule has 0 amide bonds. The van der Waals surface area contributed by atoms with Crippen LogP contribution in [0.3, 0.4) is 0 Å². The van der Waals surface area contributed by atoms with Gasteiger partial charge in [-0.2, -0.15) is 0 Å². The van der Waals surface area contributed by atoms with Crippen LogP contribution in [0, 0.1) is 0 Å². The summed E-state index contributed by atoms with van der Waals surface area (Å²) in [6.07, 6.45) is 0. The molecule has 3 heterocycles. The second kappa shape index (κ2) is 29.4. The first-order chi connectivity index (χ1) is 71.0. The molecular weight excluding hydrogens is 1490 g/mol. The maximum atomic E-state index is 9.45. The third-order valence-corrected chi connectivity index (χ3v) is 23.7. The van der Waals surface area contributed by atoms with E-state index in [0.717, 1.165) is 86.9 Å². The van der Waals surface area contributed by atoms with Gasteiger partial charge in [-0.3, -0.25) is 0 Å². The summed E-state index contributed by atoms with van der Waals surface area (Å²) in [4.78, 5) is 0. The predicted molar refractivity (Wildman–Crippen MR) is 522 cm³/mol. The van der Waals surface area contributed by atoms with Gasteiger partial charge in [0, 0.05) is 32.3 Å². The number of benzene rings is 23. The highest BCUT2D eigenvalue weighted by Crippen LogP contribution is 2.52. The van der Waals surface area contributed by atoms with Crippen LogP contribution in [-0.2, 0) is 0 Å². The van der Waals surface area contributed by atoms with Gasteiger partial charge in [-0.1, -0.05) is 376 Å². The molecule has 26 aromatic rings. The summed E-state index contributed by atoms with van der Waals surface area (Å²) in [5, 5.41) is 12.6. The Hall–Kier alpha value is -16.2. The Bertz CT molecular complexity index is 10100. The zero-order valence-corrected chi connectivity index (χ0v) is 65.1. The van der Waals surface area contributed by atoms with Crippen molar-refractivity contribution in [2.24, 2.45) is 0 Å². The molecule has 0 aliphatic heterocycles. The van der Waals surface area contributed by atoms with E-state index in [1.165, 1.54) is 0 Å². The molecule has 0 radical (unpaired) electrons. The van der Waals surface area contributed by atoms with Gasteiger partial charge in [-0.05, 0) is 259 Å². The zero-order valence-electron chi connectivity index (χ0n) is 89.1. The molecule has 3 nitrogen and oxygen atoms in total. The Labute approximate surface area is 742 Å². The SMILES string of the molecule is [2H]c1c([2H])c([2H])c2c(-c3cc(-c4ccccc4)cc4ccccc34)c3c([2H])c([2H])c([2H])c([2H])c3c(-c3ccc4oc5ccccc5c4c3)c2c1[2H].[2H]c1c([2H])c([2H])c2c(-c3ccc(-c4ccc5ccccc5c4)c4ccccc34)c3c([2H])c([2H])c([2H])c([2H])c3c(-c3ccc4oc5ccccc5c4c3)c2c1[2H].[2H]c1c([2H])c([2H])c2c(-c3ccc4oc5ccccc5c4c3)c3c([2H])c([2H])c([2H])c([2H])c3c(-c3ccccc3)c2c1[2H]. The van der Waals surface area contributed by atoms with Crippen LogP contribution in [0.25, 0.3) is 252 Å². The van der Waals surface area contributed by atoms with Crippen LogP contribution < -0.4 is 0 Å². The molecule has 26 rings (SSSR count). The van der Waals surface area contributed by atoms with Crippen LogP contribution in [0.2, 0.25) is 0 Å². The molecule has 0 unspecified atom stereocenters. The van der Waals surface area contributed by atoms with Gasteiger partial charge in [-0.15, -0.1) is 0 Å². The van der Waals surface area contributed by atoms with Crippen molar-refractivity contribution < 1.29 is 46.1 Å². The number of fused-ring (bicyclic) bond motifs is 18. The van der Waals surface area contributed by atoms with Crippen LogP contribution in [-0.4, -0.2) is 0 Å². The number of para-hydroxylation sites is 3. The molecule has 3 aromatic heterocycles. The highest BCUT2D eigenvalue weighted by atomic mass is 16.3. The van der Waals surface area contributed by atoms with Gasteiger partial charge < -0.3 is 13.3 Å². The molecule has 0 aliphatic carbocycles. The van der Waals surface area contributed by atoms with E-state index < -0.39 is 72.5 Å². The maximum absolute atomic E-state index is 9.45. The van der Waals surface area contributed by atoms with Gasteiger partial charge in [0.2, 0.25) is 0 Å². The third kappa shape index (κ3) is 12.0. The van der Waals surface area contributed by atoms with Crippen LogP contribution in [0.5, 0.6) is 0 Å². The first kappa shape index (κ1) is 50.5. The van der Waals surface area contributed by atoms with Crippen LogP contribution >= 0.6 is 0 Å². The van der Waals surface area contributed by atoms with Crippen molar-refractivity contribution in [3.63, 3.8) is 0 Å². The molecule has 123 heavy (non-hydrogen) atoms. The molecule has 0 saturated carbocycles. The van der Waals surface area contributed by atoms with E-state index in [1.807, 2.05) is 206 Å². The van der Waals surface area contributed by atoms with E-state index in [0.29, 0.717) is 100 Å². The van der Waals surface area contributed by atoms with E-state index in [4.69, 9.17) is 35.2 Å². The standard InChI is InChI=1S/C46H28O.C42H26O.C32H20O/c1-2-12-30-27-31(22-21-29(30)11-1)33-24-25-41(35-14-4-3-13-34(33)35)46-39-18-7-5-16-37(39)45(38-17-6-8-19-40(38)46)32-23-26-44-42(28-32)36-15-9-10-20-43(36)47-44;1-2-12-27(13-3-1)30-24-28-14-4-5-15-31(28)38(26-30)42-35-19-8-6-17-33(35)41(34-18-7-9-20-36(34)42)29-22-23-40-37(25-29)32-16-10-11-21-39(32)43-40;1-2-10-21(11-3-1)31-24-13-4-6-15-26(24)32(27-16-7-5-14-25(27)31)22-18-19-30-28(20-22)23-12-8-9-17-29(23)33-30/h1-28H;1-26H;1-20H/i5D,6D,7D,8D,16D,17D,18D,19D;6D,7D,8D,9D,17D,18D,19D,20D;4D,5D,6D,7D,13D,14D,15D,16D. The van der Waals surface area contributed by atoms with Crippen molar-refractivity contribution in [3.05, 3.63) is 448 Å². The molecule has 0 spiro atoms. The molecule has 0 atom stereocenters. The molecule has 0 fully saturated rings. The second-order valence-corrected chi connectivity index (χ2v) is 30.4. The lowest BCUT2D eigenvalue weighted by molar-refractivity contribution is 0.668. The van der Waals surface area contributed by atoms with Crippen molar-refractivity contribution in [2.45, 2.75) is 0 Å². The molecule has 0 aliphatic rings. The van der Waals surface area contributed by atoms with Gasteiger partial charge in [0.15, 0.2) is 0 Å². The topological polar surface area (TPSA) is 39.4 Å². The minimum absolute atomic E-state index is 0.174. The fourth-order valence-electron chi connectivity index (χ4n) is 18.3. The molecule has 572 valence electrons. The second-order valence-electron chi connectivity index (χ2n) is 30.4. The van der Waals surface area contributed by atoms with Crippen LogP contribution in [0.1, 0.15) is 32.9 Å². The van der Waals surface area contributed by atoms with Crippen molar-refractivity contribution in [1.82, 2.24) is 0 Å². The van der Waals surface area contributed by atoms with Gasteiger partial charge in [-0.25, -0.2) is 0 Å². The van der Waals surface area contributed by atoms with Gasteiger partial charge in [0.05, 0.1) is 32.9 Å². The maximum Gasteiger partial charge on any atom is 0.135 e. The van der Waals surface area contributed by atoms with Gasteiger partial charge >= 0.3 is 0 Å². The molecule has 3 heteroatoms. The Morgan fingerprint density at radius 2 is 0.423 bits per heavy atom. The van der Waals surface area contributed by atoms with Crippen molar-refractivity contribution in [1.29, 1.82) is 0 Å². The van der Waals surface area contributed by atoms with E-state index in [1.54, 1.807) is 60.7 Å². The Morgan fingerprint density at radius 1 is 0.138 bits per heavy atom. The summed E-state index contributed by atoms with van der Waals surface area (Å²) in [6, 6.07) is 87.2. The molecule has 0 N–H and O–H groups in total. The number of hydrogen-bond acceptors (Lipinski definition) is 3.